The van der Waals surface area contributed by atoms with Crippen molar-refractivity contribution in [2.45, 2.75) is 39.8 Å². The van der Waals surface area contributed by atoms with E-state index in [2.05, 4.69) is 38.2 Å². The van der Waals surface area contributed by atoms with Crippen LogP contribution in [-0.4, -0.2) is 7.05 Å². The van der Waals surface area contributed by atoms with Gasteiger partial charge in [-0.2, -0.15) is 0 Å². The SMILES string of the molecule is CNCc1ccoc1COc1ccc(C(C)C)c(C)c1. The molecule has 0 radical (unpaired) electrons. The van der Waals surface area contributed by atoms with E-state index >= 15 is 0 Å². The van der Waals surface area contributed by atoms with E-state index in [1.165, 1.54) is 11.1 Å². The summed E-state index contributed by atoms with van der Waals surface area (Å²) in [6, 6.07) is 8.24. The summed E-state index contributed by atoms with van der Waals surface area (Å²) in [6.45, 7) is 7.79. The summed E-state index contributed by atoms with van der Waals surface area (Å²) < 4.78 is 11.3. The van der Waals surface area contributed by atoms with Crippen molar-refractivity contribution in [2.75, 3.05) is 7.05 Å². The molecule has 0 aliphatic rings. The number of nitrogens with one attached hydrogen (secondary N) is 1. The highest BCUT2D eigenvalue weighted by Gasteiger charge is 2.08. The maximum absolute atomic E-state index is 5.83. The fourth-order valence-corrected chi connectivity index (χ4v) is 2.38. The Hall–Kier alpha value is -1.74. The number of aryl methyl sites for hydroxylation is 1. The van der Waals surface area contributed by atoms with Crippen LogP contribution in [0.25, 0.3) is 0 Å². The largest absolute Gasteiger partial charge is 0.486 e. The lowest BCUT2D eigenvalue weighted by Gasteiger charge is -2.12. The van der Waals surface area contributed by atoms with Crippen LogP contribution in [-0.2, 0) is 13.2 Å². The summed E-state index contributed by atoms with van der Waals surface area (Å²) in [6.07, 6.45) is 1.71. The highest BCUT2D eigenvalue weighted by atomic mass is 16.5. The summed E-state index contributed by atoms with van der Waals surface area (Å²) in [7, 11) is 1.92. The molecule has 3 nitrogen and oxygen atoms in total. The second-order valence-corrected chi connectivity index (χ2v) is 5.36. The molecule has 2 aromatic rings. The molecule has 0 unspecified atom stereocenters. The molecule has 2 rings (SSSR count). The molecule has 0 aliphatic carbocycles. The van der Waals surface area contributed by atoms with Gasteiger partial charge in [-0.25, -0.2) is 0 Å². The van der Waals surface area contributed by atoms with Gasteiger partial charge in [0.15, 0.2) is 0 Å². The zero-order valence-electron chi connectivity index (χ0n) is 12.7. The minimum absolute atomic E-state index is 0.463. The molecule has 0 bridgehead atoms. The molecule has 3 heteroatoms. The lowest BCUT2D eigenvalue weighted by atomic mass is 9.98. The van der Waals surface area contributed by atoms with E-state index in [1.807, 2.05) is 19.2 Å². The van der Waals surface area contributed by atoms with Gasteiger partial charge in [0.25, 0.3) is 0 Å². The zero-order chi connectivity index (χ0) is 14.5. The first kappa shape index (κ1) is 14.7. The minimum Gasteiger partial charge on any atom is -0.486 e. The topological polar surface area (TPSA) is 34.4 Å². The van der Waals surface area contributed by atoms with E-state index in [0.717, 1.165) is 23.6 Å². The van der Waals surface area contributed by atoms with Crippen LogP contribution in [0.4, 0.5) is 0 Å². The van der Waals surface area contributed by atoms with Crippen molar-refractivity contribution >= 4 is 0 Å². The van der Waals surface area contributed by atoms with Crippen LogP contribution in [0.2, 0.25) is 0 Å². The average Bonchev–Trinajstić information content (AvgIpc) is 2.84. The van der Waals surface area contributed by atoms with Gasteiger partial charge >= 0.3 is 0 Å². The summed E-state index contributed by atoms with van der Waals surface area (Å²) in [5.74, 6) is 2.31. The van der Waals surface area contributed by atoms with Gasteiger partial charge in [0.2, 0.25) is 0 Å². The molecule has 1 aromatic heterocycles. The van der Waals surface area contributed by atoms with Crippen molar-refractivity contribution in [2.24, 2.45) is 0 Å². The van der Waals surface area contributed by atoms with Crippen molar-refractivity contribution < 1.29 is 9.15 Å². The highest BCUT2D eigenvalue weighted by molar-refractivity contribution is 5.36. The average molecular weight is 273 g/mol. The van der Waals surface area contributed by atoms with Crippen molar-refractivity contribution in [3.05, 3.63) is 53.0 Å². The van der Waals surface area contributed by atoms with Gasteiger partial charge in [-0.3, -0.25) is 0 Å². The Morgan fingerprint density at radius 1 is 1.25 bits per heavy atom. The van der Waals surface area contributed by atoms with Crippen LogP contribution in [0.3, 0.4) is 0 Å². The van der Waals surface area contributed by atoms with Gasteiger partial charge in [-0.1, -0.05) is 19.9 Å². The van der Waals surface area contributed by atoms with E-state index in [0.29, 0.717) is 12.5 Å². The molecule has 1 N–H and O–H groups in total. The van der Waals surface area contributed by atoms with Crippen molar-refractivity contribution in [1.29, 1.82) is 0 Å². The van der Waals surface area contributed by atoms with Crippen molar-refractivity contribution in [3.63, 3.8) is 0 Å². The number of benzene rings is 1. The van der Waals surface area contributed by atoms with Crippen LogP contribution < -0.4 is 10.1 Å². The lowest BCUT2D eigenvalue weighted by molar-refractivity contribution is 0.268. The molecule has 0 aliphatic heterocycles. The monoisotopic (exact) mass is 273 g/mol. The van der Waals surface area contributed by atoms with Gasteiger partial charge in [0, 0.05) is 12.1 Å². The van der Waals surface area contributed by atoms with Gasteiger partial charge in [0.05, 0.1) is 6.26 Å². The van der Waals surface area contributed by atoms with E-state index in [-0.39, 0.29) is 0 Å². The predicted octanol–water partition coefficient (Wildman–Crippen LogP) is 4.01. The smallest absolute Gasteiger partial charge is 0.146 e. The van der Waals surface area contributed by atoms with Gasteiger partial charge in [-0.15, -0.1) is 0 Å². The van der Waals surface area contributed by atoms with Crippen LogP contribution in [0.1, 0.15) is 42.2 Å². The van der Waals surface area contributed by atoms with Crippen LogP contribution in [0.15, 0.2) is 34.9 Å². The first-order chi connectivity index (χ1) is 9.61. The molecule has 1 aromatic carbocycles. The number of furan rings is 1. The Bertz CT molecular complexity index is 558. The molecule has 20 heavy (non-hydrogen) atoms. The second kappa shape index (κ2) is 6.62. The first-order valence-corrected chi connectivity index (χ1v) is 7.05. The Balaban J connectivity index is 2.04. The maximum atomic E-state index is 5.83. The van der Waals surface area contributed by atoms with E-state index in [4.69, 9.17) is 9.15 Å². The fourth-order valence-electron chi connectivity index (χ4n) is 2.38. The standard InChI is InChI=1S/C17H23NO2/c1-12(2)16-6-5-15(9-13(16)3)20-11-17-14(10-18-4)7-8-19-17/h5-9,12,18H,10-11H2,1-4H3. The molecule has 0 amide bonds. The summed E-state index contributed by atoms with van der Waals surface area (Å²) in [5.41, 5.74) is 3.78. The molecule has 0 saturated carbocycles. The molecule has 1 heterocycles. The molecular weight excluding hydrogens is 250 g/mol. The fraction of sp³-hybridized carbons (Fsp3) is 0.412. The third-order valence-electron chi connectivity index (χ3n) is 3.44. The Morgan fingerprint density at radius 3 is 2.70 bits per heavy atom. The van der Waals surface area contributed by atoms with Crippen molar-refractivity contribution in [1.82, 2.24) is 5.32 Å². The van der Waals surface area contributed by atoms with Crippen LogP contribution in [0.5, 0.6) is 5.75 Å². The second-order valence-electron chi connectivity index (χ2n) is 5.36. The molecule has 0 fully saturated rings. The van der Waals surface area contributed by atoms with Crippen molar-refractivity contribution in [3.8, 4) is 5.75 Å². The summed E-state index contributed by atoms with van der Waals surface area (Å²) in [4.78, 5) is 0. The number of hydrogen-bond acceptors (Lipinski definition) is 3. The highest BCUT2D eigenvalue weighted by Crippen LogP contribution is 2.24. The number of hydrogen-bond donors (Lipinski definition) is 1. The Kier molecular flexibility index (Phi) is 4.85. The Morgan fingerprint density at radius 2 is 2.05 bits per heavy atom. The van der Waals surface area contributed by atoms with Gasteiger partial charge in [-0.05, 0) is 49.2 Å². The van der Waals surface area contributed by atoms with Gasteiger partial charge in [0.1, 0.15) is 18.1 Å². The molecule has 0 atom stereocenters. The summed E-state index contributed by atoms with van der Waals surface area (Å²) in [5, 5.41) is 3.12. The van der Waals surface area contributed by atoms with E-state index in [1.54, 1.807) is 6.26 Å². The molecular formula is C17H23NO2. The third-order valence-corrected chi connectivity index (χ3v) is 3.44. The zero-order valence-corrected chi connectivity index (χ0v) is 12.7. The predicted molar refractivity (Wildman–Crippen MR) is 81.1 cm³/mol. The quantitative estimate of drug-likeness (QED) is 0.863. The molecule has 0 saturated heterocycles. The molecule has 108 valence electrons. The molecule has 0 spiro atoms. The summed E-state index contributed by atoms with van der Waals surface area (Å²) >= 11 is 0. The van der Waals surface area contributed by atoms with E-state index < -0.39 is 0 Å². The third kappa shape index (κ3) is 3.42. The lowest BCUT2D eigenvalue weighted by Crippen LogP contribution is -2.07. The van der Waals surface area contributed by atoms with Crippen LogP contribution in [0, 0.1) is 6.92 Å². The minimum atomic E-state index is 0.463. The first-order valence-electron chi connectivity index (χ1n) is 7.05. The normalized spacial score (nSPS) is 11.1. The van der Waals surface area contributed by atoms with Gasteiger partial charge < -0.3 is 14.5 Å². The number of rotatable bonds is 6. The maximum Gasteiger partial charge on any atom is 0.146 e. The Labute approximate surface area is 121 Å². The number of ether oxygens (including phenoxy) is 1. The van der Waals surface area contributed by atoms with E-state index in [9.17, 15) is 0 Å². The van der Waals surface area contributed by atoms with Crippen LogP contribution >= 0.6 is 0 Å².